The Kier molecular flexibility index (Phi) is 5.67. The first kappa shape index (κ1) is 23.6. The van der Waals surface area contributed by atoms with Crippen LogP contribution >= 0.6 is 0 Å². The highest BCUT2D eigenvalue weighted by atomic mass is 16.6. The first-order valence-electron chi connectivity index (χ1n) is 13.7. The predicted molar refractivity (Wildman–Crippen MR) is 128 cm³/mol. The van der Waals surface area contributed by atoms with Gasteiger partial charge < -0.3 is 9.47 Å². The lowest BCUT2D eigenvalue weighted by molar-refractivity contribution is -0.148. The molecule has 3 saturated carbocycles. The first-order valence-corrected chi connectivity index (χ1v) is 13.7. The van der Waals surface area contributed by atoms with E-state index in [4.69, 9.17) is 9.47 Å². The van der Waals surface area contributed by atoms with E-state index in [9.17, 15) is 9.59 Å². The fraction of sp³-hybridized carbons (Fsp3) is 0.862. The fourth-order valence-corrected chi connectivity index (χ4v) is 9.62. The number of ketones is 1. The molecular formula is C29H44O4. The summed E-state index contributed by atoms with van der Waals surface area (Å²) in [4.78, 5) is 24.7. The van der Waals surface area contributed by atoms with Gasteiger partial charge >= 0.3 is 5.97 Å². The van der Waals surface area contributed by atoms with Crippen LogP contribution in [0.3, 0.4) is 0 Å². The second kappa shape index (κ2) is 7.93. The Morgan fingerprint density at radius 2 is 1.91 bits per heavy atom. The van der Waals surface area contributed by atoms with Gasteiger partial charge in [0.15, 0.2) is 5.78 Å². The summed E-state index contributed by atoms with van der Waals surface area (Å²) in [6, 6.07) is 0. The number of carbonyl (C=O) groups excluding carboxylic acids is 2. The van der Waals surface area contributed by atoms with Crippen LogP contribution in [0.5, 0.6) is 0 Å². The molecule has 5 unspecified atom stereocenters. The van der Waals surface area contributed by atoms with Crippen molar-refractivity contribution in [2.75, 3.05) is 6.61 Å². The minimum atomic E-state index is -0.174. The van der Waals surface area contributed by atoms with Gasteiger partial charge in [-0.05, 0) is 104 Å². The molecule has 0 aromatic heterocycles. The molecule has 4 nitrogen and oxygen atoms in total. The number of esters is 1. The maximum atomic E-state index is 12.4. The highest BCUT2D eigenvalue weighted by molar-refractivity contribution is 5.92. The average Bonchev–Trinajstić information content (AvgIpc) is 3.42. The van der Waals surface area contributed by atoms with E-state index in [-0.39, 0.29) is 22.9 Å². The van der Waals surface area contributed by atoms with Gasteiger partial charge in [-0.3, -0.25) is 9.59 Å². The third kappa shape index (κ3) is 3.25. The van der Waals surface area contributed by atoms with Gasteiger partial charge in [-0.1, -0.05) is 34.6 Å². The molecule has 1 aliphatic heterocycles. The summed E-state index contributed by atoms with van der Waals surface area (Å²) in [6.07, 6.45) is 11.0. The van der Waals surface area contributed by atoms with Crippen LogP contribution in [0.4, 0.5) is 0 Å². The van der Waals surface area contributed by atoms with E-state index < -0.39 is 0 Å². The van der Waals surface area contributed by atoms with Crippen LogP contribution in [0.2, 0.25) is 0 Å². The lowest BCUT2D eigenvalue weighted by atomic mass is 9.44. The van der Waals surface area contributed by atoms with Crippen LogP contribution in [-0.2, 0) is 19.1 Å². The summed E-state index contributed by atoms with van der Waals surface area (Å²) >= 11 is 0. The smallest absolute Gasteiger partial charge is 0.308 e. The van der Waals surface area contributed by atoms with Crippen LogP contribution < -0.4 is 0 Å². The van der Waals surface area contributed by atoms with E-state index in [1.165, 1.54) is 31.3 Å². The molecular weight excluding hydrogens is 412 g/mol. The summed E-state index contributed by atoms with van der Waals surface area (Å²) in [5.41, 5.74) is 1.61. The lowest BCUT2D eigenvalue weighted by Crippen LogP contribution is -2.56. The van der Waals surface area contributed by atoms with E-state index in [1.807, 2.05) is 19.9 Å². The Balaban J connectivity index is 1.41. The van der Waals surface area contributed by atoms with Gasteiger partial charge in [0.2, 0.25) is 0 Å². The quantitative estimate of drug-likeness (QED) is 0.356. The van der Waals surface area contributed by atoms with Gasteiger partial charge in [0.05, 0.1) is 18.6 Å². The van der Waals surface area contributed by atoms with Gasteiger partial charge in [-0.25, -0.2) is 0 Å². The van der Waals surface area contributed by atoms with E-state index in [1.54, 1.807) is 0 Å². The SMILES string of the molecule is CCOC(=O)C(C)C[C@@H](C)C1CCC2C3C(CC[C@@]21C)[C@@]1(C)CCC(=O)C=C1[C@@]1(CC)O[C@@H]31. The zero-order valence-electron chi connectivity index (χ0n) is 21.6. The van der Waals surface area contributed by atoms with Crippen LogP contribution in [0, 0.1) is 46.3 Å². The third-order valence-electron chi connectivity index (χ3n) is 11.2. The molecule has 33 heavy (non-hydrogen) atoms. The van der Waals surface area contributed by atoms with Crippen LogP contribution in [-0.4, -0.2) is 30.1 Å². The minimum Gasteiger partial charge on any atom is -0.466 e. The average molecular weight is 457 g/mol. The highest BCUT2D eigenvalue weighted by Crippen LogP contribution is 2.74. The number of hydrogen-bond donors (Lipinski definition) is 0. The summed E-state index contributed by atoms with van der Waals surface area (Å²) in [5.74, 6) is 3.35. The Bertz CT molecular complexity index is 862. The number of hydrogen-bond acceptors (Lipinski definition) is 4. The molecule has 0 aromatic rings. The third-order valence-corrected chi connectivity index (χ3v) is 11.2. The molecule has 0 spiro atoms. The highest BCUT2D eigenvalue weighted by Gasteiger charge is 2.75. The van der Waals surface area contributed by atoms with Gasteiger partial charge in [0.1, 0.15) is 5.60 Å². The topological polar surface area (TPSA) is 55.9 Å². The first-order chi connectivity index (χ1) is 15.6. The van der Waals surface area contributed by atoms with Crippen molar-refractivity contribution in [3.63, 3.8) is 0 Å². The molecule has 4 aliphatic carbocycles. The van der Waals surface area contributed by atoms with E-state index in [0.29, 0.717) is 59.9 Å². The molecule has 0 N–H and O–H groups in total. The largest absolute Gasteiger partial charge is 0.466 e. The van der Waals surface area contributed by atoms with Gasteiger partial charge in [0.25, 0.3) is 0 Å². The van der Waals surface area contributed by atoms with E-state index >= 15 is 0 Å². The summed E-state index contributed by atoms with van der Waals surface area (Å²) in [6.45, 7) is 14.0. The van der Waals surface area contributed by atoms with Gasteiger partial charge in [-0.15, -0.1) is 0 Å². The van der Waals surface area contributed by atoms with Crippen molar-refractivity contribution in [2.45, 2.75) is 105 Å². The minimum absolute atomic E-state index is 0.0282. The number of rotatable bonds is 6. The molecule has 5 aliphatic rings. The predicted octanol–water partition coefficient (Wildman–Crippen LogP) is 6.13. The summed E-state index contributed by atoms with van der Waals surface area (Å²) < 4.78 is 12.0. The summed E-state index contributed by atoms with van der Waals surface area (Å²) in [5, 5.41) is 0. The van der Waals surface area contributed by atoms with Gasteiger partial charge in [0, 0.05) is 6.42 Å². The van der Waals surface area contributed by atoms with Gasteiger partial charge in [-0.2, -0.15) is 0 Å². The molecule has 0 bridgehead atoms. The Morgan fingerprint density at radius 1 is 1.15 bits per heavy atom. The Morgan fingerprint density at radius 3 is 2.61 bits per heavy atom. The van der Waals surface area contributed by atoms with Crippen molar-refractivity contribution in [1.82, 2.24) is 0 Å². The standard InChI is InChI=1S/C29H44O4/c1-7-29-23-16-19(30)11-13-28(23,6)22-12-14-27(5)20(9-10-21(27)24(22)25(29)33-29)17(3)15-18(4)26(31)32-8-2/h16-18,20-22,24-25H,7-15H2,1-6H3/t17-,18?,20?,21?,22?,24?,25+,27-,28-,29-/m1/s1. The fourth-order valence-electron chi connectivity index (χ4n) is 9.62. The maximum absolute atomic E-state index is 12.4. The maximum Gasteiger partial charge on any atom is 0.308 e. The molecule has 10 atom stereocenters. The van der Waals surface area contributed by atoms with E-state index in [2.05, 4.69) is 27.7 Å². The molecule has 5 rings (SSSR count). The van der Waals surface area contributed by atoms with Crippen molar-refractivity contribution < 1.29 is 19.1 Å². The molecule has 0 aromatic carbocycles. The zero-order chi connectivity index (χ0) is 23.8. The molecule has 4 fully saturated rings. The Labute approximate surface area is 200 Å². The van der Waals surface area contributed by atoms with Crippen LogP contribution in [0.25, 0.3) is 0 Å². The lowest BCUT2D eigenvalue weighted by Gasteiger charge is -2.58. The molecule has 0 radical (unpaired) electrons. The van der Waals surface area contributed by atoms with Crippen molar-refractivity contribution in [3.05, 3.63) is 11.6 Å². The zero-order valence-corrected chi connectivity index (χ0v) is 21.6. The number of fused-ring (bicyclic) bond motifs is 8. The second-order valence-corrected chi connectivity index (χ2v) is 12.6. The number of epoxide rings is 1. The van der Waals surface area contributed by atoms with Crippen LogP contribution in [0.15, 0.2) is 11.6 Å². The molecule has 1 saturated heterocycles. The molecule has 184 valence electrons. The molecule has 1 heterocycles. The molecule has 4 heteroatoms. The molecule has 0 amide bonds. The second-order valence-electron chi connectivity index (χ2n) is 12.6. The van der Waals surface area contributed by atoms with Crippen LogP contribution in [0.1, 0.15) is 92.9 Å². The summed E-state index contributed by atoms with van der Waals surface area (Å²) in [7, 11) is 0. The van der Waals surface area contributed by atoms with Crippen molar-refractivity contribution >= 4 is 11.8 Å². The van der Waals surface area contributed by atoms with Crippen molar-refractivity contribution in [3.8, 4) is 0 Å². The van der Waals surface area contributed by atoms with Crippen molar-refractivity contribution in [1.29, 1.82) is 0 Å². The monoisotopic (exact) mass is 456 g/mol. The number of carbonyl (C=O) groups is 2. The van der Waals surface area contributed by atoms with E-state index in [0.717, 1.165) is 19.3 Å². The Hall–Kier alpha value is -1.16. The normalized spacial score (nSPS) is 47.4. The van der Waals surface area contributed by atoms with Crippen molar-refractivity contribution in [2.24, 2.45) is 46.3 Å². The number of ether oxygens (including phenoxy) is 2.